The van der Waals surface area contributed by atoms with Crippen molar-refractivity contribution < 1.29 is 18.6 Å². The number of anilines is 1. The number of aromatic hydroxyl groups is 1. The highest BCUT2D eigenvalue weighted by molar-refractivity contribution is 6.30. The van der Waals surface area contributed by atoms with Crippen LogP contribution in [0, 0.1) is 11.6 Å². The van der Waals surface area contributed by atoms with Gasteiger partial charge in [-0.3, -0.25) is 0 Å². The van der Waals surface area contributed by atoms with E-state index in [4.69, 9.17) is 22.1 Å². The number of aromatic nitrogens is 1. The summed E-state index contributed by atoms with van der Waals surface area (Å²) in [4.78, 5) is 4.53. The summed E-state index contributed by atoms with van der Waals surface area (Å²) in [6, 6.07) is 17.9. The van der Waals surface area contributed by atoms with E-state index in [0.29, 0.717) is 27.7 Å². The number of hydrogen-bond acceptors (Lipinski definition) is 5. The van der Waals surface area contributed by atoms with Gasteiger partial charge in [0.05, 0.1) is 16.9 Å². The Morgan fingerprint density at radius 3 is 2.45 bits per heavy atom. The van der Waals surface area contributed by atoms with E-state index in [0.717, 1.165) is 17.5 Å². The molecule has 1 aromatic heterocycles. The van der Waals surface area contributed by atoms with Crippen molar-refractivity contribution in [1.82, 2.24) is 4.98 Å². The zero-order chi connectivity index (χ0) is 22.0. The zero-order valence-electron chi connectivity index (χ0n) is 15.9. The van der Waals surface area contributed by atoms with E-state index in [9.17, 15) is 13.9 Å². The minimum absolute atomic E-state index is 0.0928. The number of fused-ring (bicyclic) bond motifs is 1. The van der Waals surface area contributed by atoms with Gasteiger partial charge in [0.1, 0.15) is 11.5 Å². The molecule has 4 N–H and O–H groups in total. The molecule has 31 heavy (non-hydrogen) atoms. The van der Waals surface area contributed by atoms with Crippen molar-refractivity contribution in [2.24, 2.45) is 5.73 Å². The van der Waals surface area contributed by atoms with E-state index in [-0.39, 0.29) is 11.4 Å². The Balaban J connectivity index is 1.58. The van der Waals surface area contributed by atoms with Gasteiger partial charge in [-0.05, 0) is 48.5 Å². The van der Waals surface area contributed by atoms with Gasteiger partial charge in [-0.25, -0.2) is 13.8 Å². The van der Waals surface area contributed by atoms with Gasteiger partial charge >= 0.3 is 0 Å². The van der Waals surface area contributed by atoms with Gasteiger partial charge in [-0.15, -0.1) is 0 Å². The molecule has 0 aliphatic rings. The minimum Gasteiger partial charge on any atom is -0.503 e. The highest BCUT2D eigenvalue weighted by Gasteiger charge is 2.10. The van der Waals surface area contributed by atoms with Gasteiger partial charge < -0.3 is 20.9 Å². The first-order valence-electron chi connectivity index (χ1n) is 9.14. The Kier molecular flexibility index (Phi) is 5.60. The van der Waals surface area contributed by atoms with Crippen molar-refractivity contribution >= 4 is 33.9 Å². The Bertz CT molecular complexity index is 1270. The number of nitrogens with two attached hydrogens (primary N) is 1. The molecule has 0 amide bonds. The van der Waals surface area contributed by atoms with E-state index in [2.05, 4.69) is 10.3 Å². The number of hydrogen-bond donors (Lipinski definition) is 3. The summed E-state index contributed by atoms with van der Waals surface area (Å²) < 4.78 is 32.9. The van der Waals surface area contributed by atoms with E-state index in [1.807, 2.05) is 24.3 Å². The number of rotatable bonds is 5. The molecule has 0 saturated carbocycles. The number of benzene rings is 3. The Labute approximate surface area is 181 Å². The minimum atomic E-state index is -1.08. The Morgan fingerprint density at radius 2 is 1.74 bits per heavy atom. The second-order valence-electron chi connectivity index (χ2n) is 6.61. The lowest BCUT2D eigenvalue weighted by atomic mass is 10.1. The van der Waals surface area contributed by atoms with Crippen molar-refractivity contribution in [3.8, 4) is 17.2 Å². The standard InChI is InChI=1S/C23H16ClF2N3O2/c24-13-4-6-15(7-5-13)31-22-3-1-2-20-16(22)8-9-21(29-20)19(27)12-28-14-10-17(25)23(30)18(26)11-14/h1-12,28,30H,27H2/b19-12-. The summed E-state index contributed by atoms with van der Waals surface area (Å²) in [5.74, 6) is -1.93. The summed E-state index contributed by atoms with van der Waals surface area (Å²) in [7, 11) is 0. The van der Waals surface area contributed by atoms with E-state index in [1.54, 1.807) is 30.3 Å². The molecule has 0 aliphatic heterocycles. The molecule has 4 rings (SSSR count). The fourth-order valence-corrected chi connectivity index (χ4v) is 3.02. The first-order valence-corrected chi connectivity index (χ1v) is 9.52. The molecule has 0 atom stereocenters. The van der Waals surface area contributed by atoms with E-state index < -0.39 is 17.4 Å². The monoisotopic (exact) mass is 439 g/mol. The molecule has 8 heteroatoms. The van der Waals surface area contributed by atoms with Crippen LogP contribution in [0.4, 0.5) is 14.5 Å². The van der Waals surface area contributed by atoms with Gasteiger partial charge in [0, 0.05) is 34.4 Å². The van der Waals surface area contributed by atoms with Gasteiger partial charge in [0.2, 0.25) is 0 Å². The lowest BCUT2D eigenvalue weighted by molar-refractivity contribution is 0.396. The largest absolute Gasteiger partial charge is 0.503 e. The average Bonchev–Trinajstić information content (AvgIpc) is 2.77. The summed E-state index contributed by atoms with van der Waals surface area (Å²) in [5.41, 5.74) is 7.53. The van der Waals surface area contributed by atoms with Crippen LogP contribution in [-0.4, -0.2) is 10.1 Å². The summed E-state index contributed by atoms with van der Waals surface area (Å²) in [6.07, 6.45) is 1.37. The number of halogens is 3. The number of nitrogens with one attached hydrogen (secondary N) is 1. The van der Waals surface area contributed by atoms with Crippen LogP contribution in [0.1, 0.15) is 5.69 Å². The molecule has 4 aromatic rings. The summed E-state index contributed by atoms with van der Waals surface area (Å²) >= 11 is 5.91. The third-order valence-corrected chi connectivity index (χ3v) is 4.69. The van der Waals surface area contributed by atoms with Gasteiger partial charge in [0.15, 0.2) is 17.4 Å². The zero-order valence-corrected chi connectivity index (χ0v) is 16.7. The summed E-state index contributed by atoms with van der Waals surface area (Å²) in [6.45, 7) is 0. The summed E-state index contributed by atoms with van der Waals surface area (Å²) in [5, 5.41) is 13.3. The topological polar surface area (TPSA) is 80.4 Å². The fourth-order valence-electron chi connectivity index (χ4n) is 2.89. The molecular formula is C23H16ClF2N3O2. The third kappa shape index (κ3) is 4.51. The van der Waals surface area contributed by atoms with Crippen molar-refractivity contribution in [1.29, 1.82) is 0 Å². The molecular weight excluding hydrogens is 424 g/mol. The first-order chi connectivity index (χ1) is 14.9. The van der Waals surface area contributed by atoms with Crippen molar-refractivity contribution in [2.45, 2.75) is 0 Å². The van der Waals surface area contributed by atoms with Crippen LogP contribution in [-0.2, 0) is 0 Å². The van der Waals surface area contributed by atoms with Gasteiger partial charge in [0.25, 0.3) is 0 Å². The Morgan fingerprint density at radius 1 is 1.03 bits per heavy atom. The highest BCUT2D eigenvalue weighted by Crippen LogP contribution is 2.30. The normalized spacial score (nSPS) is 11.5. The molecule has 0 radical (unpaired) electrons. The van der Waals surface area contributed by atoms with Crippen molar-refractivity contribution in [3.63, 3.8) is 0 Å². The first kappa shape index (κ1) is 20.4. The maximum atomic E-state index is 13.5. The van der Waals surface area contributed by atoms with E-state index in [1.165, 1.54) is 6.20 Å². The molecule has 0 aliphatic carbocycles. The van der Waals surface area contributed by atoms with Crippen LogP contribution in [0.25, 0.3) is 16.6 Å². The van der Waals surface area contributed by atoms with Crippen LogP contribution in [0.5, 0.6) is 17.2 Å². The van der Waals surface area contributed by atoms with Crippen LogP contribution in [0.2, 0.25) is 5.02 Å². The number of phenols is 1. The average molecular weight is 440 g/mol. The van der Waals surface area contributed by atoms with E-state index >= 15 is 0 Å². The van der Waals surface area contributed by atoms with Crippen molar-refractivity contribution in [3.05, 3.63) is 95.3 Å². The quantitative estimate of drug-likeness (QED) is 0.331. The number of ether oxygens (including phenoxy) is 1. The number of nitrogens with zero attached hydrogens (tertiary/aromatic N) is 1. The fraction of sp³-hybridized carbons (Fsp3) is 0. The molecule has 1 heterocycles. The molecule has 3 aromatic carbocycles. The lowest BCUT2D eigenvalue weighted by Gasteiger charge is -2.10. The maximum Gasteiger partial charge on any atom is 0.187 e. The molecule has 0 saturated heterocycles. The van der Waals surface area contributed by atoms with Gasteiger partial charge in [-0.1, -0.05) is 17.7 Å². The van der Waals surface area contributed by atoms with Crippen LogP contribution < -0.4 is 15.8 Å². The molecule has 0 spiro atoms. The third-order valence-electron chi connectivity index (χ3n) is 4.44. The van der Waals surface area contributed by atoms with Crippen LogP contribution >= 0.6 is 11.6 Å². The van der Waals surface area contributed by atoms with Crippen molar-refractivity contribution in [2.75, 3.05) is 5.32 Å². The molecule has 5 nitrogen and oxygen atoms in total. The molecule has 0 bridgehead atoms. The SMILES string of the molecule is N/C(=C\Nc1cc(F)c(O)c(F)c1)c1ccc2c(Oc3ccc(Cl)cc3)cccc2n1. The number of phenolic OH excluding ortho intramolecular Hbond substituents is 1. The maximum absolute atomic E-state index is 13.5. The van der Waals surface area contributed by atoms with Crippen LogP contribution in [0.15, 0.2) is 72.9 Å². The predicted octanol–water partition coefficient (Wildman–Crippen LogP) is 6.03. The second-order valence-corrected chi connectivity index (χ2v) is 7.04. The smallest absolute Gasteiger partial charge is 0.187 e. The second kappa shape index (κ2) is 8.49. The molecule has 0 fully saturated rings. The number of pyridine rings is 1. The Hall–Kier alpha value is -3.84. The van der Waals surface area contributed by atoms with Gasteiger partial charge in [-0.2, -0.15) is 0 Å². The molecule has 156 valence electrons. The lowest BCUT2D eigenvalue weighted by Crippen LogP contribution is -2.03. The predicted molar refractivity (Wildman–Crippen MR) is 117 cm³/mol. The highest BCUT2D eigenvalue weighted by atomic mass is 35.5. The van der Waals surface area contributed by atoms with Crippen LogP contribution in [0.3, 0.4) is 0 Å². The molecule has 0 unspecified atom stereocenters.